The number of carbonyl (C=O) groups excluding carboxylic acids is 1. The quantitative estimate of drug-likeness (QED) is 0.552. The van der Waals surface area contributed by atoms with E-state index in [1.54, 1.807) is 18.9 Å². The molecule has 0 aliphatic heterocycles. The third-order valence-corrected chi connectivity index (χ3v) is 2.74. The summed E-state index contributed by atoms with van der Waals surface area (Å²) in [7, 11) is 1.65. The van der Waals surface area contributed by atoms with Gasteiger partial charge in [-0.25, -0.2) is 0 Å². The van der Waals surface area contributed by atoms with E-state index in [1.807, 2.05) is 18.4 Å². The first-order chi connectivity index (χ1) is 6.81. The van der Waals surface area contributed by atoms with Crippen molar-refractivity contribution in [3.8, 4) is 5.75 Å². The number of carbonyl (C=O) groups is 1. The molecule has 1 rings (SSSR count). The van der Waals surface area contributed by atoms with Gasteiger partial charge in [0.25, 0.3) is 0 Å². The van der Waals surface area contributed by atoms with E-state index in [-0.39, 0.29) is 0 Å². The molecule has 0 amide bonds. The van der Waals surface area contributed by atoms with Crippen molar-refractivity contribution in [2.75, 3.05) is 13.4 Å². The van der Waals surface area contributed by atoms with Crippen LogP contribution < -0.4 is 4.74 Å². The Balaban J connectivity index is 2.89. The highest BCUT2D eigenvalue weighted by molar-refractivity contribution is 7.98. The average Bonchev–Trinajstić information content (AvgIpc) is 2.25. The molecule has 3 heteroatoms. The molecule has 0 atom stereocenters. The average molecular weight is 210 g/mol. The van der Waals surface area contributed by atoms with E-state index < -0.39 is 0 Å². The van der Waals surface area contributed by atoms with E-state index in [1.165, 1.54) is 4.90 Å². The highest BCUT2D eigenvalue weighted by Crippen LogP contribution is 2.25. The van der Waals surface area contributed by atoms with E-state index in [2.05, 4.69) is 6.07 Å². The van der Waals surface area contributed by atoms with E-state index in [9.17, 15) is 4.79 Å². The maximum Gasteiger partial charge on any atom is 0.122 e. The molecule has 14 heavy (non-hydrogen) atoms. The molecule has 0 aliphatic carbocycles. The van der Waals surface area contributed by atoms with Gasteiger partial charge in [-0.05, 0) is 36.4 Å². The number of hydrogen-bond acceptors (Lipinski definition) is 3. The Hall–Kier alpha value is -0.960. The minimum atomic E-state index is 0.550. The molecule has 0 N–H and O–H groups in total. The Labute approximate surface area is 88.7 Å². The number of ether oxygens (including phenoxy) is 1. The van der Waals surface area contributed by atoms with Crippen molar-refractivity contribution in [1.82, 2.24) is 0 Å². The molecule has 0 saturated heterocycles. The van der Waals surface area contributed by atoms with E-state index in [4.69, 9.17) is 4.74 Å². The summed E-state index contributed by atoms with van der Waals surface area (Å²) in [6.45, 7) is 0. The molecule has 1 aromatic rings. The number of rotatable bonds is 5. The topological polar surface area (TPSA) is 26.3 Å². The lowest BCUT2D eigenvalue weighted by Crippen LogP contribution is -1.93. The van der Waals surface area contributed by atoms with E-state index in [0.29, 0.717) is 6.42 Å². The molecule has 2 nitrogen and oxygen atoms in total. The van der Waals surface area contributed by atoms with E-state index in [0.717, 1.165) is 24.0 Å². The Morgan fingerprint density at radius 3 is 2.86 bits per heavy atom. The van der Waals surface area contributed by atoms with Gasteiger partial charge in [0, 0.05) is 11.3 Å². The molecule has 0 saturated carbocycles. The molecule has 76 valence electrons. The van der Waals surface area contributed by atoms with Crippen molar-refractivity contribution in [3.05, 3.63) is 23.8 Å². The van der Waals surface area contributed by atoms with Crippen LogP contribution in [-0.2, 0) is 11.2 Å². The monoisotopic (exact) mass is 210 g/mol. The standard InChI is InChI=1S/C11H14O2S/c1-13-11-6-5-10(14-2)8-9(11)4-3-7-12/h5-8H,3-4H2,1-2H3. The zero-order valence-corrected chi connectivity index (χ0v) is 9.26. The number of thioether (sulfide) groups is 1. The van der Waals surface area contributed by atoms with Gasteiger partial charge in [-0.3, -0.25) is 0 Å². The van der Waals surface area contributed by atoms with Gasteiger partial charge in [0.1, 0.15) is 12.0 Å². The molecular formula is C11H14O2S. The SMILES string of the molecule is COc1ccc(SC)cc1CCC=O. The first-order valence-corrected chi connectivity index (χ1v) is 5.69. The van der Waals surface area contributed by atoms with Crippen LogP contribution in [0.15, 0.2) is 23.1 Å². The van der Waals surface area contributed by atoms with Gasteiger partial charge >= 0.3 is 0 Å². The first-order valence-electron chi connectivity index (χ1n) is 4.46. The van der Waals surface area contributed by atoms with Gasteiger partial charge in [-0.1, -0.05) is 0 Å². The predicted molar refractivity (Wildman–Crippen MR) is 59.2 cm³/mol. The lowest BCUT2D eigenvalue weighted by atomic mass is 10.1. The summed E-state index contributed by atoms with van der Waals surface area (Å²) >= 11 is 1.69. The first kappa shape index (κ1) is 11.1. The third-order valence-electron chi connectivity index (χ3n) is 2.02. The molecule has 0 bridgehead atoms. The van der Waals surface area contributed by atoms with Gasteiger partial charge in [-0.2, -0.15) is 0 Å². The maximum atomic E-state index is 10.3. The molecular weight excluding hydrogens is 196 g/mol. The summed E-state index contributed by atoms with van der Waals surface area (Å²) in [6.07, 6.45) is 4.27. The lowest BCUT2D eigenvalue weighted by Gasteiger charge is -2.08. The van der Waals surface area contributed by atoms with Crippen LogP contribution in [0.25, 0.3) is 0 Å². The minimum absolute atomic E-state index is 0.550. The summed E-state index contributed by atoms with van der Waals surface area (Å²) in [4.78, 5) is 11.5. The van der Waals surface area contributed by atoms with Crippen LogP contribution >= 0.6 is 11.8 Å². The fourth-order valence-electron chi connectivity index (χ4n) is 1.29. The van der Waals surface area contributed by atoms with Crippen molar-refractivity contribution in [3.63, 3.8) is 0 Å². The van der Waals surface area contributed by atoms with Crippen molar-refractivity contribution in [2.45, 2.75) is 17.7 Å². The van der Waals surface area contributed by atoms with Gasteiger partial charge in [0.15, 0.2) is 0 Å². The second kappa shape index (κ2) is 5.70. The molecule has 1 aromatic carbocycles. The molecule has 0 radical (unpaired) electrons. The van der Waals surface area contributed by atoms with Crippen LogP contribution in [0.5, 0.6) is 5.75 Å². The number of aryl methyl sites for hydroxylation is 1. The Morgan fingerprint density at radius 2 is 2.29 bits per heavy atom. The summed E-state index contributed by atoms with van der Waals surface area (Å²) in [5.41, 5.74) is 1.10. The van der Waals surface area contributed by atoms with Crippen LogP contribution in [-0.4, -0.2) is 19.7 Å². The second-order valence-electron chi connectivity index (χ2n) is 2.88. The molecule has 0 spiro atoms. The Kier molecular flexibility index (Phi) is 4.53. The number of benzene rings is 1. The summed E-state index contributed by atoms with van der Waals surface area (Å²) < 4.78 is 5.22. The van der Waals surface area contributed by atoms with Gasteiger partial charge in [-0.15, -0.1) is 11.8 Å². The Bertz CT molecular complexity index is 310. The summed E-state index contributed by atoms with van der Waals surface area (Å²) in [5.74, 6) is 0.865. The van der Waals surface area contributed by atoms with Crippen LogP contribution in [0.1, 0.15) is 12.0 Å². The summed E-state index contributed by atoms with van der Waals surface area (Å²) in [6, 6.07) is 6.05. The molecule has 0 aromatic heterocycles. The zero-order chi connectivity index (χ0) is 10.4. The number of methoxy groups -OCH3 is 1. The van der Waals surface area contributed by atoms with Crippen molar-refractivity contribution >= 4 is 18.0 Å². The highest BCUT2D eigenvalue weighted by atomic mass is 32.2. The van der Waals surface area contributed by atoms with Crippen LogP contribution in [0.2, 0.25) is 0 Å². The third kappa shape index (κ3) is 2.77. The molecule has 0 aliphatic rings. The normalized spacial score (nSPS) is 9.86. The minimum Gasteiger partial charge on any atom is -0.496 e. The van der Waals surface area contributed by atoms with Crippen LogP contribution in [0.4, 0.5) is 0 Å². The molecule has 0 fully saturated rings. The largest absolute Gasteiger partial charge is 0.496 e. The lowest BCUT2D eigenvalue weighted by molar-refractivity contribution is -0.107. The molecule has 0 heterocycles. The fraction of sp³-hybridized carbons (Fsp3) is 0.364. The van der Waals surface area contributed by atoms with E-state index >= 15 is 0 Å². The summed E-state index contributed by atoms with van der Waals surface area (Å²) in [5, 5.41) is 0. The van der Waals surface area contributed by atoms with Gasteiger partial charge < -0.3 is 9.53 Å². The van der Waals surface area contributed by atoms with Gasteiger partial charge in [0.2, 0.25) is 0 Å². The van der Waals surface area contributed by atoms with Gasteiger partial charge in [0.05, 0.1) is 7.11 Å². The smallest absolute Gasteiger partial charge is 0.122 e. The van der Waals surface area contributed by atoms with Crippen LogP contribution in [0.3, 0.4) is 0 Å². The number of aldehydes is 1. The van der Waals surface area contributed by atoms with Crippen molar-refractivity contribution in [2.24, 2.45) is 0 Å². The Morgan fingerprint density at radius 1 is 1.50 bits per heavy atom. The number of hydrogen-bond donors (Lipinski definition) is 0. The second-order valence-corrected chi connectivity index (χ2v) is 3.76. The fourth-order valence-corrected chi connectivity index (χ4v) is 1.76. The van der Waals surface area contributed by atoms with Crippen LogP contribution in [0, 0.1) is 0 Å². The maximum absolute atomic E-state index is 10.3. The zero-order valence-electron chi connectivity index (χ0n) is 8.45. The molecule has 0 unspecified atom stereocenters. The highest BCUT2D eigenvalue weighted by Gasteiger charge is 2.03. The predicted octanol–water partition coefficient (Wildman–Crippen LogP) is 2.55. The van der Waals surface area contributed by atoms with Crippen molar-refractivity contribution < 1.29 is 9.53 Å². The van der Waals surface area contributed by atoms with Crippen molar-refractivity contribution in [1.29, 1.82) is 0 Å².